The first kappa shape index (κ1) is 23.7. The number of aromatic nitrogens is 2. The molecule has 0 radical (unpaired) electrons. The Bertz CT molecular complexity index is 1150. The number of carbonyl (C=O) groups excluding carboxylic acids is 2. The molecule has 0 fully saturated rings. The summed E-state index contributed by atoms with van der Waals surface area (Å²) in [5, 5.41) is 13.3. The predicted octanol–water partition coefficient (Wildman–Crippen LogP) is 3.00. The number of carbonyl (C=O) groups is 2. The van der Waals surface area contributed by atoms with Gasteiger partial charge in [-0.25, -0.2) is 4.39 Å². The first-order valence-electron chi connectivity index (χ1n) is 11.0. The molecule has 2 heterocycles. The minimum Gasteiger partial charge on any atom is -0.491 e. The maximum atomic E-state index is 13.3. The van der Waals surface area contributed by atoms with Gasteiger partial charge >= 0.3 is 0 Å². The van der Waals surface area contributed by atoms with Crippen molar-refractivity contribution in [3.05, 3.63) is 70.6 Å². The normalized spacial score (nSPS) is 16.1. The summed E-state index contributed by atoms with van der Waals surface area (Å²) in [4.78, 5) is 27.2. The van der Waals surface area contributed by atoms with Crippen LogP contribution in [0.15, 0.2) is 48.7 Å². The first-order valence-corrected chi connectivity index (χ1v) is 11.3. The number of ether oxygens (including phenoxy) is 1. The lowest BCUT2D eigenvalue weighted by Crippen LogP contribution is -2.40. The molecule has 0 unspecified atom stereocenters. The molecular weight excluding hydrogens is 461 g/mol. The van der Waals surface area contributed by atoms with Crippen LogP contribution in [-0.2, 0) is 11.3 Å². The summed E-state index contributed by atoms with van der Waals surface area (Å²) >= 11 is 6.06. The Hall–Kier alpha value is -3.43. The third kappa shape index (κ3) is 6.12. The molecular formula is C24H25ClFN5O3. The van der Waals surface area contributed by atoms with Crippen LogP contribution in [0.3, 0.4) is 0 Å². The minimum atomic E-state index is -0.313. The molecule has 8 nitrogen and oxygen atoms in total. The Kier molecular flexibility index (Phi) is 7.76. The number of hydrogen-bond donors (Lipinski definition) is 3. The molecule has 1 aliphatic rings. The average Bonchev–Trinajstić information content (AvgIpc) is 3.28. The van der Waals surface area contributed by atoms with Gasteiger partial charge in [0.15, 0.2) is 0 Å². The Morgan fingerprint density at radius 2 is 1.91 bits per heavy atom. The van der Waals surface area contributed by atoms with E-state index < -0.39 is 0 Å². The molecule has 0 saturated heterocycles. The maximum absolute atomic E-state index is 13.3. The van der Waals surface area contributed by atoms with E-state index in [2.05, 4.69) is 20.8 Å². The molecule has 0 saturated carbocycles. The number of hydrogen-bond acceptors (Lipinski definition) is 5. The molecule has 3 N–H and O–H groups in total. The summed E-state index contributed by atoms with van der Waals surface area (Å²) < 4.78 is 19.0. The number of nitrogens with zero attached hydrogens (tertiary/aromatic N) is 2. The highest BCUT2D eigenvalue weighted by Crippen LogP contribution is 2.24. The van der Waals surface area contributed by atoms with E-state index in [1.165, 1.54) is 12.1 Å². The van der Waals surface area contributed by atoms with Gasteiger partial charge in [0.05, 0.1) is 30.5 Å². The predicted molar refractivity (Wildman–Crippen MR) is 126 cm³/mol. The van der Waals surface area contributed by atoms with Crippen LogP contribution in [0.1, 0.15) is 22.3 Å². The van der Waals surface area contributed by atoms with Crippen LogP contribution >= 0.6 is 11.6 Å². The van der Waals surface area contributed by atoms with E-state index in [4.69, 9.17) is 16.3 Å². The van der Waals surface area contributed by atoms with Crippen molar-refractivity contribution < 1.29 is 18.7 Å². The lowest BCUT2D eigenvalue weighted by Gasteiger charge is -2.22. The zero-order valence-electron chi connectivity index (χ0n) is 18.4. The van der Waals surface area contributed by atoms with Crippen LogP contribution in [0.25, 0.3) is 11.3 Å². The molecule has 2 aromatic carbocycles. The second-order valence-corrected chi connectivity index (χ2v) is 8.37. The molecule has 2 amide bonds. The largest absolute Gasteiger partial charge is 0.491 e. The van der Waals surface area contributed by atoms with Gasteiger partial charge in [-0.1, -0.05) is 11.6 Å². The minimum absolute atomic E-state index is 0.132. The second-order valence-electron chi connectivity index (χ2n) is 7.94. The van der Waals surface area contributed by atoms with Gasteiger partial charge in [-0.15, -0.1) is 0 Å². The van der Waals surface area contributed by atoms with Crippen LogP contribution < -0.4 is 15.4 Å². The van der Waals surface area contributed by atoms with E-state index in [0.29, 0.717) is 48.9 Å². The SMILES string of the molecule is O=C1CN(Cc2cn[nH]c2-c2ccc(F)cc2)CCCNC(=O)c2cc(Cl)ccc2OCCN1. The fourth-order valence-electron chi connectivity index (χ4n) is 3.77. The van der Waals surface area contributed by atoms with Crippen molar-refractivity contribution >= 4 is 23.4 Å². The third-order valence-corrected chi connectivity index (χ3v) is 5.65. The van der Waals surface area contributed by atoms with Gasteiger partial charge in [-0.3, -0.25) is 19.6 Å². The van der Waals surface area contributed by atoms with Gasteiger partial charge in [0.1, 0.15) is 18.2 Å². The standard InChI is InChI=1S/C24H25ClFN5O3/c25-18-4-7-21-20(12-18)24(33)28-8-1-10-31(15-22(32)27-9-11-34-21)14-17-13-29-30-23(17)16-2-5-19(26)6-3-16/h2-7,12-13H,1,8-11,14-15H2,(H,27,32)(H,28,33)(H,29,30). The van der Waals surface area contributed by atoms with Crippen molar-refractivity contribution in [3.8, 4) is 17.0 Å². The number of halogens is 2. The highest BCUT2D eigenvalue weighted by Gasteiger charge is 2.18. The Morgan fingerprint density at radius 3 is 2.74 bits per heavy atom. The maximum Gasteiger partial charge on any atom is 0.255 e. The van der Waals surface area contributed by atoms with Crippen LogP contribution in [-0.4, -0.2) is 59.7 Å². The van der Waals surface area contributed by atoms with Gasteiger partial charge < -0.3 is 15.4 Å². The van der Waals surface area contributed by atoms with E-state index in [1.807, 2.05) is 4.90 Å². The highest BCUT2D eigenvalue weighted by molar-refractivity contribution is 6.31. The third-order valence-electron chi connectivity index (χ3n) is 5.42. The Balaban J connectivity index is 1.46. The summed E-state index contributed by atoms with van der Waals surface area (Å²) in [5.41, 5.74) is 2.82. The number of rotatable bonds is 3. The fourth-order valence-corrected chi connectivity index (χ4v) is 3.94. The molecule has 4 rings (SSSR count). The number of amides is 2. The summed E-state index contributed by atoms with van der Waals surface area (Å²) in [6.07, 6.45) is 2.33. The van der Waals surface area contributed by atoms with Gasteiger partial charge in [-0.2, -0.15) is 5.10 Å². The molecule has 0 aliphatic carbocycles. The van der Waals surface area contributed by atoms with Crippen molar-refractivity contribution in [1.29, 1.82) is 0 Å². The highest BCUT2D eigenvalue weighted by atomic mass is 35.5. The molecule has 0 spiro atoms. The molecule has 34 heavy (non-hydrogen) atoms. The van der Waals surface area contributed by atoms with Gasteiger partial charge in [0.25, 0.3) is 5.91 Å². The van der Waals surface area contributed by atoms with Crippen molar-refractivity contribution in [2.24, 2.45) is 0 Å². The summed E-state index contributed by atoms with van der Waals surface area (Å²) in [6.45, 7) is 2.13. The van der Waals surface area contributed by atoms with Crippen molar-refractivity contribution in [2.75, 3.05) is 32.8 Å². The number of H-pyrrole nitrogens is 1. The molecule has 10 heteroatoms. The molecule has 0 bridgehead atoms. The smallest absolute Gasteiger partial charge is 0.255 e. The van der Waals surface area contributed by atoms with Crippen LogP contribution in [0, 0.1) is 5.82 Å². The van der Waals surface area contributed by atoms with Crippen molar-refractivity contribution in [3.63, 3.8) is 0 Å². The van der Waals surface area contributed by atoms with Gasteiger partial charge in [0.2, 0.25) is 5.91 Å². The van der Waals surface area contributed by atoms with Gasteiger partial charge in [-0.05, 0) is 48.9 Å². The fraction of sp³-hybridized carbons (Fsp3) is 0.292. The number of aromatic amines is 1. The second kappa shape index (κ2) is 11.1. The van der Waals surface area contributed by atoms with E-state index >= 15 is 0 Å². The van der Waals surface area contributed by atoms with E-state index in [9.17, 15) is 14.0 Å². The lowest BCUT2D eigenvalue weighted by molar-refractivity contribution is -0.122. The van der Waals surface area contributed by atoms with E-state index in [0.717, 1.165) is 16.8 Å². The molecule has 1 aliphatic heterocycles. The van der Waals surface area contributed by atoms with E-state index in [1.54, 1.807) is 36.5 Å². The number of fused-ring (bicyclic) bond motifs is 1. The number of benzene rings is 2. The van der Waals surface area contributed by atoms with Gasteiger partial charge in [0, 0.05) is 35.8 Å². The van der Waals surface area contributed by atoms with Crippen LogP contribution in [0.2, 0.25) is 5.02 Å². The summed E-state index contributed by atoms with van der Waals surface area (Å²) in [5.74, 6) is -0.290. The zero-order valence-corrected chi connectivity index (χ0v) is 19.2. The topological polar surface area (TPSA) is 99.4 Å². The van der Waals surface area contributed by atoms with Crippen LogP contribution in [0.4, 0.5) is 4.39 Å². The Morgan fingerprint density at radius 1 is 1.09 bits per heavy atom. The van der Waals surface area contributed by atoms with Crippen molar-refractivity contribution in [2.45, 2.75) is 13.0 Å². The molecule has 1 aromatic heterocycles. The zero-order chi connectivity index (χ0) is 23.9. The average molecular weight is 486 g/mol. The monoisotopic (exact) mass is 485 g/mol. The quantitative estimate of drug-likeness (QED) is 0.529. The lowest BCUT2D eigenvalue weighted by atomic mass is 10.1. The molecule has 0 atom stereocenters. The van der Waals surface area contributed by atoms with Crippen molar-refractivity contribution in [1.82, 2.24) is 25.7 Å². The summed E-state index contributed by atoms with van der Waals surface area (Å²) in [6, 6.07) is 11.0. The molecule has 3 aromatic rings. The number of nitrogens with one attached hydrogen (secondary N) is 3. The Labute approximate surface area is 201 Å². The van der Waals surface area contributed by atoms with Crippen LogP contribution in [0.5, 0.6) is 5.75 Å². The molecule has 178 valence electrons. The summed E-state index contributed by atoms with van der Waals surface area (Å²) in [7, 11) is 0. The first-order chi connectivity index (χ1) is 16.5. The van der Waals surface area contributed by atoms with E-state index in [-0.39, 0.29) is 30.8 Å².